The smallest absolute Gasteiger partial charge is 0.326 e. The lowest BCUT2D eigenvalue weighted by atomic mass is 9.94. The van der Waals surface area contributed by atoms with E-state index in [1.165, 1.54) is 0 Å². The number of hydrogen-bond acceptors (Lipinski definition) is 6. The van der Waals surface area contributed by atoms with Crippen LogP contribution in [0.2, 0.25) is 0 Å². The summed E-state index contributed by atoms with van der Waals surface area (Å²) in [5, 5.41) is 21.6. The maximum absolute atomic E-state index is 12.8. The summed E-state index contributed by atoms with van der Waals surface area (Å²) in [6.07, 6.45) is 1.40. The molecule has 0 radical (unpaired) electrons. The Kier molecular flexibility index (Phi) is 7.71. The molecule has 1 aliphatic heterocycles. The number of carboxylic acids is 1. The highest BCUT2D eigenvalue weighted by atomic mass is 16.5. The van der Waals surface area contributed by atoms with Crippen molar-refractivity contribution in [2.24, 2.45) is 0 Å². The molecule has 3 rings (SSSR count). The summed E-state index contributed by atoms with van der Waals surface area (Å²) in [5.74, 6) is -0.296. The van der Waals surface area contributed by atoms with Crippen molar-refractivity contribution in [1.82, 2.24) is 5.32 Å². The Hall–Kier alpha value is -3.10. The van der Waals surface area contributed by atoms with E-state index in [4.69, 9.17) is 14.2 Å². The van der Waals surface area contributed by atoms with Crippen molar-refractivity contribution >= 4 is 11.9 Å². The fourth-order valence-electron chi connectivity index (χ4n) is 4.04. The lowest BCUT2D eigenvalue weighted by molar-refractivity contribution is -0.149. The first-order valence-corrected chi connectivity index (χ1v) is 10.5. The Labute approximate surface area is 187 Å². The first kappa shape index (κ1) is 23.6. The largest absolute Gasteiger partial charge is 0.496 e. The zero-order chi connectivity index (χ0) is 23.1. The van der Waals surface area contributed by atoms with Gasteiger partial charge in [0.1, 0.15) is 23.1 Å². The van der Waals surface area contributed by atoms with E-state index in [-0.39, 0.29) is 19.4 Å². The van der Waals surface area contributed by atoms with E-state index in [2.05, 4.69) is 5.32 Å². The molecule has 1 heterocycles. The zero-order valence-corrected chi connectivity index (χ0v) is 18.3. The van der Waals surface area contributed by atoms with Gasteiger partial charge in [0, 0.05) is 26.1 Å². The molecule has 3 N–H and O–H groups in total. The van der Waals surface area contributed by atoms with Crippen molar-refractivity contribution in [2.75, 3.05) is 27.4 Å². The standard InChI is InChI=1S/C24H29NO7/c1-30-19-5-3-6-20(31-2)21(19)17-9-7-16(8-10-17)15-18(22(27)28)25-23(29)24(12-13-26)11-4-14-32-24/h3,5-10,18,26H,4,11-15H2,1-2H3,(H,25,29)(H,27,28)/t18-,24-/m0/s1. The molecule has 172 valence electrons. The average Bonchev–Trinajstić information content (AvgIpc) is 3.28. The van der Waals surface area contributed by atoms with Gasteiger partial charge in [-0.3, -0.25) is 4.79 Å². The summed E-state index contributed by atoms with van der Waals surface area (Å²) in [7, 11) is 3.18. The third-order valence-electron chi connectivity index (χ3n) is 5.75. The molecule has 0 unspecified atom stereocenters. The number of aliphatic hydroxyl groups is 1. The summed E-state index contributed by atoms with van der Waals surface area (Å²) in [5.41, 5.74) is 1.25. The minimum absolute atomic E-state index is 0.111. The van der Waals surface area contributed by atoms with E-state index < -0.39 is 23.5 Å². The van der Waals surface area contributed by atoms with Gasteiger partial charge in [0.25, 0.3) is 5.91 Å². The van der Waals surface area contributed by atoms with E-state index >= 15 is 0 Å². The molecule has 0 bridgehead atoms. The minimum atomic E-state index is -1.16. The number of ether oxygens (including phenoxy) is 3. The second-order valence-electron chi connectivity index (χ2n) is 7.72. The second kappa shape index (κ2) is 10.5. The van der Waals surface area contributed by atoms with Gasteiger partial charge in [-0.05, 0) is 36.1 Å². The van der Waals surface area contributed by atoms with Crippen LogP contribution < -0.4 is 14.8 Å². The fourth-order valence-corrected chi connectivity index (χ4v) is 4.04. The quantitative estimate of drug-likeness (QED) is 0.517. The van der Waals surface area contributed by atoms with Gasteiger partial charge in [0.05, 0.1) is 19.8 Å². The van der Waals surface area contributed by atoms with E-state index in [1.54, 1.807) is 14.2 Å². The van der Waals surface area contributed by atoms with Gasteiger partial charge in [0.2, 0.25) is 0 Å². The number of hydrogen-bond donors (Lipinski definition) is 3. The molecule has 0 aromatic heterocycles. The third-order valence-corrected chi connectivity index (χ3v) is 5.75. The Balaban J connectivity index is 1.77. The van der Waals surface area contributed by atoms with Crippen LogP contribution in [0.15, 0.2) is 42.5 Å². The Morgan fingerprint density at radius 2 is 1.78 bits per heavy atom. The van der Waals surface area contributed by atoms with Crippen LogP contribution >= 0.6 is 0 Å². The molecule has 1 saturated heterocycles. The summed E-state index contributed by atoms with van der Waals surface area (Å²) in [4.78, 5) is 24.6. The van der Waals surface area contributed by atoms with E-state index in [1.807, 2.05) is 42.5 Å². The summed E-state index contributed by atoms with van der Waals surface area (Å²) in [6, 6.07) is 11.8. The maximum atomic E-state index is 12.8. The fraction of sp³-hybridized carbons (Fsp3) is 0.417. The van der Waals surface area contributed by atoms with Crippen molar-refractivity contribution < 1.29 is 34.0 Å². The SMILES string of the molecule is COc1cccc(OC)c1-c1ccc(C[C@H](NC(=O)[C@@]2(CCO)CCCO2)C(=O)O)cc1. The van der Waals surface area contributed by atoms with Gasteiger partial charge in [-0.1, -0.05) is 30.3 Å². The number of amides is 1. The minimum Gasteiger partial charge on any atom is -0.496 e. The highest BCUT2D eigenvalue weighted by molar-refractivity contribution is 5.89. The average molecular weight is 443 g/mol. The molecular weight excluding hydrogens is 414 g/mol. The molecule has 8 heteroatoms. The Morgan fingerprint density at radius 1 is 1.12 bits per heavy atom. The maximum Gasteiger partial charge on any atom is 0.326 e. The van der Waals surface area contributed by atoms with E-state index in [0.29, 0.717) is 30.9 Å². The number of rotatable bonds is 10. The van der Waals surface area contributed by atoms with Crippen LogP contribution in [0, 0.1) is 0 Å². The zero-order valence-electron chi connectivity index (χ0n) is 18.3. The van der Waals surface area contributed by atoms with Crippen LogP contribution in [-0.4, -0.2) is 61.2 Å². The van der Waals surface area contributed by atoms with Crippen molar-refractivity contribution in [3.8, 4) is 22.6 Å². The lowest BCUT2D eigenvalue weighted by Gasteiger charge is -2.28. The molecule has 1 fully saturated rings. The van der Waals surface area contributed by atoms with Gasteiger partial charge in [-0.25, -0.2) is 4.79 Å². The summed E-state index contributed by atoms with van der Waals surface area (Å²) >= 11 is 0. The van der Waals surface area contributed by atoms with Gasteiger partial charge in [0.15, 0.2) is 0 Å². The van der Waals surface area contributed by atoms with Crippen molar-refractivity contribution in [2.45, 2.75) is 37.3 Å². The predicted octanol–water partition coefficient (Wildman–Crippen LogP) is 2.41. The first-order chi connectivity index (χ1) is 15.4. The van der Waals surface area contributed by atoms with Crippen LogP contribution in [0.4, 0.5) is 0 Å². The molecule has 1 amide bonds. The van der Waals surface area contributed by atoms with Crippen LogP contribution in [0.5, 0.6) is 11.5 Å². The predicted molar refractivity (Wildman–Crippen MR) is 118 cm³/mol. The Bertz CT molecular complexity index is 914. The molecule has 32 heavy (non-hydrogen) atoms. The number of carbonyl (C=O) groups excluding carboxylic acids is 1. The summed E-state index contributed by atoms with van der Waals surface area (Å²) < 4.78 is 16.5. The van der Waals surface area contributed by atoms with Gasteiger partial charge < -0.3 is 29.7 Å². The van der Waals surface area contributed by atoms with Crippen molar-refractivity contribution in [3.05, 3.63) is 48.0 Å². The second-order valence-corrected chi connectivity index (χ2v) is 7.72. The topological polar surface area (TPSA) is 114 Å². The van der Waals surface area contributed by atoms with Gasteiger partial charge >= 0.3 is 5.97 Å². The van der Waals surface area contributed by atoms with Crippen LogP contribution in [0.1, 0.15) is 24.8 Å². The molecule has 2 atom stereocenters. The number of carboxylic acid groups (broad SMARTS) is 1. The highest BCUT2D eigenvalue weighted by Gasteiger charge is 2.43. The normalized spacial score (nSPS) is 18.7. The van der Waals surface area contributed by atoms with Crippen molar-refractivity contribution in [3.63, 3.8) is 0 Å². The molecule has 2 aromatic carbocycles. The molecule has 0 aliphatic carbocycles. The van der Waals surface area contributed by atoms with Crippen molar-refractivity contribution in [1.29, 1.82) is 0 Å². The van der Waals surface area contributed by atoms with Crippen LogP contribution in [0.3, 0.4) is 0 Å². The summed E-state index contributed by atoms with van der Waals surface area (Å²) in [6.45, 7) is 0.206. The Morgan fingerprint density at radius 3 is 2.28 bits per heavy atom. The number of aliphatic carboxylic acids is 1. The van der Waals surface area contributed by atoms with Gasteiger partial charge in [-0.2, -0.15) is 0 Å². The van der Waals surface area contributed by atoms with E-state index in [9.17, 15) is 19.8 Å². The van der Waals surface area contributed by atoms with E-state index in [0.717, 1.165) is 16.7 Å². The molecular formula is C24H29NO7. The third kappa shape index (κ3) is 5.03. The molecule has 8 nitrogen and oxygen atoms in total. The lowest BCUT2D eigenvalue weighted by Crippen LogP contribution is -2.53. The highest BCUT2D eigenvalue weighted by Crippen LogP contribution is 2.38. The molecule has 2 aromatic rings. The van der Waals surface area contributed by atoms with Crippen LogP contribution in [-0.2, 0) is 20.7 Å². The number of nitrogens with one attached hydrogen (secondary N) is 1. The van der Waals surface area contributed by atoms with Crippen LogP contribution in [0.25, 0.3) is 11.1 Å². The molecule has 0 spiro atoms. The number of methoxy groups -OCH3 is 2. The molecule has 0 saturated carbocycles. The number of carbonyl (C=O) groups is 2. The number of aliphatic hydroxyl groups excluding tert-OH is 1. The van der Waals surface area contributed by atoms with Gasteiger partial charge in [-0.15, -0.1) is 0 Å². The first-order valence-electron chi connectivity index (χ1n) is 10.5. The number of benzene rings is 2. The monoisotopic (exact) mass is 443 g/mol. The molecule has 1 aliphatic rings.